The zero-order chi connectivity index (χ0) is 47.3. The zero-order valence-electron chi connectivity index (χ0n) is 45.4. The van der Waals surface area contributed by atoms with Gasteiger partial charge in [-0.1, -0.05) is 287 Å². The molecule has 0 fully saturated rings. The van der Waals surface area contributed by atoms with Crippen LogP contribution in [0.3, 0.4) is 0 Å². The summed E-state index contributed by atoms with van der Waals surface area (Å²) < 4.78 is 12.1. The number of esters is 2. The first-order chi connectivity index (χ1) is 31.3. The number of carbonyl (C=O) groups excluding carboxylic acids is 2. The molecule has 382 valence electrons. The van der Waals surface area contributed by atoms with E-state index in [-0.39, 0.29) is 29.7 Å². The monoisotopic (exact) mass is 903 g/mol. The Labute approximate surface area is 403 Å². The molecule has 0 saturated carbocycles. The molecule has 0 bridgehead atoms. The predicted octanol–water partition coefficient (Wildman–Crippen LogP) is 20.2. The summed E-state index contributed by atoms with van der Waals surface area (Å²) in [4.78, 5) is 28.6. The van der Waals surface area contributed by atoms with Crippen molar-refractivity contribution in [3.63, 3.8) is 0 Å². The first-order valence-electron chi connectivity index (χ1n) is 29.6. The Morgan fingerprint density at radius 3 is 1.12 bits per heavy atom. The Balaban J connectivity index is 6.46. The molecule has 4 heteroatoms. The summed E-state index contributed by atoms with van der Waals surface area (Å²) in [6.45, 7) is 19.0. The highest BCUT2D eigenvalue weighted by atomic mass is 16.5. The van der Waals surface area contributed by atoms with Crippen molar-refractivity contribution >= 4 is 11.9 Å². The van der Waals surface area contributed by atoms with Gasteiger partial charge in [0.25, 0.3) is 0 Å². The lowest BCUT2D eigenvalue weighted by Crippen LogP contribution is -2.42. The summed E-state index contributed by atoms with van der Waals surface area (Å²) in [5, 5.41) is 0. The van der Waals surface area contributed by atoms with E-state index in [1.54, 1.807) is 7.11 Å². The molecule has 0 aromatic rings. The van der Waals surface area contributed by atoms with Crippen molar-refractivity contribution in [2.24, 2.45) is 41.4 Å². The first-order valence-corrected chi connectivity index (χ1v) is 29.6. The lowest BCUT2D eigenvalue weighted by atomic mass is 9.60. The summed E-state index contributed by atoms with van der Waals surface area (Å²) in [5.41, 5.74) is 0. The van der Waals surface area contributed by atoms with Gasteiger partial charge in [-0.25, -0.2) is 0 Å². The van der Waals surface area contributed by atoms with Crippen LogP contribution in [0.15, 0.2) is 0 Å². The van der Waals surface area contributed by atoms with Crippen molar-refractivity contribution in [1.82, 2.24) is 0 Å². The fourth-order valence-electron chi connectivity index (χ4n) is 11.4. The minimum Gasteiger partial charge on any atom is -0.469 e. The SMILES string of the molecule is CCCCCCCCCCCCCCCC(CC(=O)OCC(CC)CCCC)C(C(CC)CCCC)C(CCCCCCCCCCCCCCC)C(C(=O)OC)C(CC)CCCC. The van der Waals surface area contributed by atoms with E-state index in [4.69, 9.17) is 9.47 Å². The number of unbranched alkanes of at least 4 members (excludes halogenated alkanes) is 27. The van der Waals surface area contributed by atoms with Crippen molar-refractivity contribution in [1.29, 1.82) is 0 Å². The van der Waals surface area contributed by atoms with Gasteiger partial charge >= 0.3 is 11.9 Å². The molecule has 0 aliphatic carbocycles. The number of hydrogen-bond donors (Lipinski definition) is 0. The highest BCUT2D eigenvalue weighted by Crippen LogP contribution is 2.47. The van der Waals surface area contributed by atoms with Gasteiger partial charge in [-0.2, -0.15) is 0 Å². The average molecular weight is 904 g/mol. The predicted molar refractivity (Wildman–Crippen MR) is 282 cm³/mol. The van der Waals surface area contributed by atoms with Crippen molar-refractivity contribution in [3.8, 4) is 0 Å². The Kier molecular flexibility index (Phi) is 46.2. The van der Waals surface area contributed by atoms with Crippen LogP contribution >= 0.6 is 0 Å². The van der Waals surface area contributed by atoms with E-state index in [1.807, 2.05) is 0 Å². The quantitative estimate of drug-likeness (QED) is 0.0451. The largest absolute Gasteiger partial charge is 0.469 e. The normalized spacial score (nSPS) is 15.1. The maximum absolute atomic E-state index is 14.4. The van der Waals surface area contributed by atoms with Gasteiger partial charge in [-0.05, 0) is 61.2 Å². The van der Waals surface area contributed by atoms with Crippen molar-refractivity contribution in [2.45, 2.75) is 319 Å². The molecule has 0 saturated heterocycles. The molecule has 0 heterocycles. The van der Waals surface area contributed by atoms with Crippen molar-refractivity contribution in [2.75, 3.05) is 13.7 Å². The molecule has 7 atom stereocenters. The molecule has 0 radical (unpaired) electrons. The molecular formula is C60H118O4. The Bertz CT molecular complexity index is 979. The molecular weight excluding hydrogens is 785 g/mol. The van der Waals surface area contributed by atoms with E-state index in [0.29, 0.717) is 36.7 Å². The lowest BCUT2D eigenvalue weighted by molar-refractivity contribution is -0.153. The zero-order valence-corrected chi connectivity index (χ0v) is 45.4. The molecule has 0 amide bonds. The van der Waals surface area contributed by atoms with E-state index in [2.05, 4.69) is 55.4 Å². The molecule has 0 aromatic carbocycles. The highest BCUT2D eigenvalue weighted by molar-refractivity contribution is 5.73. The second-order valence-corrected chi connectivity index (χ2v) is 21.0. The third-order valence-corrected chi connectivity index (χ3v) is 15.7. The standard InChI is InChI=1S/C60H118O4/c1-10-18-23-25-27-29-31-33-35-37-39-41-43-48-55(50-57(61)64-51-52(15-6)45-20-12-3)58(53(16-7)46-21-13-4)56(59(60(62)63-9)54(17-8)47-22-14-5)49-44-42-40-38-36-34-32-30-28-26-24-19-11-2/h52-56,58-59H,10-51H2,1-9H3. The maximum Gasteiger partial charge on any atom is 0.309 e. The number of ether oxygens (including phenoxy) is 2. The van der Waals surface area contributed by atoms with Crippen LogP contribution in [-0.2, 0) is 19.1 Å². The molecule has 0 rings (SSSR count). The van der Waals surface area contributed by atoms with Gasteiger partial charge in [0.2, 0.25) is 0 Å². The van der Waals surface area contributed by atoms with Crippen LogP contribution in [0.1, 0.15) is 319 Å². The van der Waals surface area contributed by atoms with Crippen molar-refractivity contribution in [3.05, 3.63) is 0 Å². The second-order valence-electron chi connectivity index (χ2n) is 21.0. The summed E-state index contributed by atoms with van der Waals surface area (Å²) in [6.07, 6.45) is 51.4. The number of rotatable bonds is 50. The lowest BCUT2D eigenvalue weighted by Gasteiger charge is -2.44. The number of methoxy groups -OCH3 is 1. The summed E-state index contributed by atoms with van der Waals surface area (Å²) in [6, 6.07) is 0. The molecule has 0 N–H and O–H groups in total. The summed E-state index contributed by atoms with van der Waals surface area (Å²) in [7, 11) is 1.64. The Hall–Kier alpha value is -1.06. The summed E-state index contributed by atoms with van der Waals surface area (Å²) >= 11 is 0. The van der Waals surface area contributed by atoms with E-state index in [1.165, 1.54) is 199 Å². The van der Waals surface area contributed by atoms with E-state index in [9.17, 15) is 9.59 Å². The number of hydrogen-bond acceptors (Lipinski definition) is 4. The molecule has 0 spiro atoms. The van der Waals surface area contributed by atoms with E-state index >= 15 is 0 Å². The van der Waals surface area contributed by atoms with Gasteiger partial charge in [0, 0.05) is 6.42 Å². The van der Waals surface area contributed by atoms with Gasteiger partial charge in [-0.15, -0.1) is 0 Å². The Morgan fingerprint density at radius 1 is 0.375 bits per heavy atom. The van der Waals surface area contributed by atoms with Crippen LogP contribution in [0.5, 0.6) is 0 Å². The molecule has 4 nitrogen and oxygen atoms in total. The van der Waals surface area contributed by atoms with Crippen molar-refractivity contribution < 1.29 is 19.1 Å². The number of carbonyl (C=O) groups is 2. The topological polar surface area (TPSA) is 52.6 Å². The van der Waals surface area contributed by atoms with Crippen LogP contribution in [0.4, 0.5) is 0 Å². The molecule has 0 aliphatic rings. The minimum absolute atomic E-state index is 0.0114. The maximum atomic E-state index is 14.4. The highest BCUT2D eigenvalue weighted by Gasteiger charge is 2.44. The summed E-state index contributed by atoms with van der Waals surface area (Å²) in [5.74, 6) is 1.97. The smallest absolute Gasteiger partial charge is 0.309 e. The van der Waals surface area contributed by atoms with E-state index < -0.39 is 0 Å². The van der Waals surface area contributed by atoms with Gasteiger partial charge in [0.1, 0.15) is 0 Å². The van der Waals surface area contributed by atoms with Gasteiger partial charge in [0.05, 0.1) is 19.6 Å². The average Bonchev–Trinajstić information content (AvgIpc) is 3.31. The first kappa shape index (κ1) is 62.9. The van der Waals surface area contributed by atoms with Gasteiger partial charge in [0.15, 0.2) is 0 Å². The fraction of sp³-hybridized carbons (Fsp3) is 0.967. The van der Waals surface area contributed by atoms with Crippen LogP contribution in [-0.4, -0.2) is 25.7 Å². The minimum atomic E-state index is -0.108. The molecule has 0 aliphatic heterocycles. The molecule has 0 aromatic heterocycles. The van der Waals surface area contributed by atoms with Crippen LogP contribution in [0.25, 0.3) is 0 Å². The third kappa shape index (κ3) is 32.6. The molecule has 64 heavy (non-hydrogen) atoms. The third-order valence-electron chi connectivity index (χ3n) is 15.7. The van der Waals surface area contributed by atoms with Gasteiger partial charge in [-0.3, -0.25) is 9.59 Å². The fourth-order valence-corrected chi connectivity index (χ4v) is 11.4. The second kappa shape index (κ2) is 47.0. The van der Waals surface area contributed by atoms with Crippen LogP contribution < -0.4 is 0 Å². The molecule has 7 unspecified atom stereocenters. The van der Waals surface area contributed by atoms with Gasteiger partial charge < -0.3 is 9.47 Å². The van der Waals surface area contributed by atoms with E-state index in [0.717, 1.165) is 57.8 Å². The van der Waals surface area contributed by atoms with Crippen LogP contribution in [0, 0.1) is 41.4 Å². The Morgan fingerprint density at radius 2 is 0.734 bits per heavy atom. The van der Waals surface area contributed by atoms with Crippen LogP contribution in [0.2, 0.25) is 0 Å².